The first-order valence-electron chi connectivity index (χ1n) is 13.1. The third-order valence-corrected chi connectivity index (χ3v) is 9.98. The van der Waals surface area contributed by atoms with Gasteiger partial charge < -0.3 is 8.97 Å². The van der Waals surface area contributed by atoms with E-state index in [0.717, 1.165) is 0 Å². The number of fused-ring (bicyclic) bond motifs is 11. The molecule has 3 heteroatoms. The average molecular weight is 501 g/mol. The summed E-state index contributed by atoms with van der Waals surface area (Å²) in [6.07, 6.45) is 0. The number of thiophene rings is 1. The molecule has 176 valence electrons. The third-order valence-electron chi connectivity index (χ3n) is 8.79. The Labute approximate surface area is 220 Å². The zero-order valence-electron chi connectivity index (χ0n) is 20.6. The second-order valence-electron chi connectivity index (χ2n) is 10.6. The Morgan fingerprint density at radius 1 is 0.500 bits per heavy atom. The fourth-order valence-electron chi connectivity index (χ4n) is 7.31. The summed E-state index contributed by atoms with van der Waals surface area (Å²) in [5.41, 5.74) is 6.53. The molecule has 0 aliphatic heterocycles. The fraction of sp³-hybridized carbons (Fsp3) is 0.0286. The van der Waals surface area contributed by atoms with Crippen LogP contribution in [0.2, 0.25) is 0 Å². The van der Waals surface area contributed by atoms with Gasteiger partial charge in [0.05, 0.1) is 32.3 Å². The first kappa shape index (κ1) is 19.5. The van der Waals surface area contributed by atoms with Gasteiger partial charge >= 0.3 is 0 Å². The van der Waals surface area contributed by atoms with E-state index in [1.165, 1.54) is 90.8 Å². The summed E-state index contributed by atoms with van der Waals surface area (Å²) < 4.78 is 7.75. The number of hydrogen-bond donors (Lipinski definition) is 0. The summed E-state index contributed by atoms with van der Waals surface area (Å²) in [7, 11) is 2.27. The van der Waals surface area contributed by atoms with Gasteiger partial charge in [-0.15, -0.1) is 11.3 Å². The molecule has 0 bridgehead atoms. The first-order valence-corrected chi connectivity index (χ1v) is 13.9. The Morgan fingerprint density at radius 3 is 2.11 bits per heavy atom. The normalized spacial score (nSPS) is 12.9. The van der Waals surface area contributed by atoms with Crippen molar-refractivity contribution in [2.45, 2.75) is 0 Å². The van der Waals surface area contributed by atoms with Gasteiger partial charge in [0.2, 0.25) is 0 Å². The van der Waals surface area contributed by atoms with Crippen molar-refractivity contribution >= 4 is 102 Å². The van der Waals surface area contributed by atoms with Crippen LogP contribution in [0, 0.1) is 0 Å². The summed E-state index contributed by atoms with van der Waals surface area (Å²) in [5, 5.41) is 13.3. The lowest BCUT2D eigenvalue weighted by Crippen LogP contribution is -1.91. The molecule has 0 saturated heterocycles. The molecular formula is C35H20N2S. The first-order chi connectivity index (χ1) is 18.8. The van der Waals surface area contributed by atoms with Crippen molar-refractivity contribution in [3.63, 3.8) is 0 Å². The lowest BCUT2D eigenvalue weighted by molar-refractivity contribution is 1.02. The lowest BCUT2D eigenvalue weighted by Gasteiger charge is -2.07. The van der Waals surface area contributed by atoms with Crippen LogP contribution in [0.25, 0.3) is 90.8 Å². The van der Waals surface area contributed by atoms with E-state index in [1.807, 2.05) is 11.3 Å². The highest BCUT2D eigenvalue weighted by Gasteiger charge is 2.24. The number of benzene rings is 6. The van der Waals surface area contributed by atoms with E-state index < -0.39 is 0 Å². The molecule has 4 heterocycles. The predicted octanol–water partition coefficient (Wildman–Crippen LogP) is 10.0. The summed E-state index contributed by atoms with van der Waals surface area (Å²) in [6.45, 7) is 0. The summed E-state index contributed by atoms with van der Waals surface area (Å²) in [5.74, 6) is 0. The Balaban J connectivity index is 1.71. The highest BCUT2D eigenvalue weighted by molar-refractivity contribution is 7.26. The molecule has 6 aromatic carbocycles. The van der Waals surface area contributed by atoms with Gasteiger partial charge in [0.25, 0.3) is 0 Å². The second-order valence-corrected chi connectivity index (χ2v) is 11.6. The van der Waals surface area contributed by atoms with Crippen LogP contribution < -0.4 is 0 Å². The molecule has 0 unspecified atom stereocenters. The lowest BCUT2D eigenvalue weighted by atomic mass is 9.98. The quantitative estimate of drug-likeness (QED) is 0.196. The van der Waals surface area contributed by atoms with E-state index in [2.05, 4.69) is 119 Å². The minimum absolute atomic E-state index is 1.27. The Kier molecular flexibility index (Phi) is 3.31. The van der Waals surface area contributed by atoms with Gasteiger partial charge in [-0.2, -0.15) is 0 Å². The zero-order valence-corrected chi connectivity index (χ0v) is 21.4. The maximum absolute atomic E-state index is 2.55. The van der Waals surface area contributed by atoms with Gasteiger partial charge in [-0.05, 0) is 35.0 Å². The van der Waals surface area contributed by atoms with Crippen LogP contribution in [0.5, 0.6) is 0 Å². The van der Waals surface area contributed by atoms with Crippen LogP contribution in [-0.4, -0.2) is 8.97 Å². The molecule has 0 aliphatic carbocycles. The second kappa shape index (κ2) is 6.45. The van der Waals surface area contributed by atoms with Crippen LogP contribution in [-0.2, 0) is 7.05 Å². The maximum Gasteiger partial charge on any atom is 0.0692 e. The van der Waals surface area contributed by atoms with Gasteiger partial charge in [0.1, 0.15) is 0 Å². The molecule has 10 rings (SSSR count). The molecule has 0 amide bonds. The molecule has 0 spiro atoms. The van der Waals surface area contributed by atoms with Crippen LogP contribution >= 0.6 is 11.3 Å². The molecule has 38 heavy (non-hydrogen) atoms. The number of hydrogen-bond acceptors (Lipinski definition) is 1. The number of aryl methyl sites for hydroxylation is 1. The third kappa shape index (κ3) is 2.07. The van der Waals surface area contributed by atoms with Gasteiger partial charge in [-0.25, -0.2) is 0 Å². The summed E-state index contributed by atoms with van der Waals surface area (Å²) in [6, 6.07) is 38.4. The van der Waals surface area contributed by atoms with Crippen molar-refractivity contribution in [2.75, 3.05) is 0 Å². The van der Waals surface area contributed by atoms with Gasteiger partial charge in [-0.1, -0.05) is 78.9 Å². The number of nitrogens with zero attached hydrogens (tertiary/aromatic N) is 2. The van der Waals surface area contributed by atoms with Gasteiger partial charge in [0, 0.05) is 54.8 Å². The Hall–Kier alpha value is -4.60. The van der Waals surface area contributed by atoms with E-state index in [0.29, 0.717) is 0 Å². The fourth-order valence-corrected chi connectivity index (χ4v) is 8.58. The molecular weight excluding hydrogens is 480 g/mol. The van der Waals surface area contributed by atoms with Crippen molar-refractivity contribution in [1.29, 1.82) is 0 Å². The minimum Gasteiger partial charge on any atom is -0.342 e. The molecule has 0 saturated carbocycles. The molecule has 0 N–H and O–H groups in total. The number of para-hydroxylation sites is 2. The molecule has 2 nitrogen and oxygen atoms in total. The largest absolute Gasteiger partial charge is 0.342 e. The smallest absolute Gasteiger partial charge is 0.0692 e. The number of rotatable bonds is 0. The highest BCUT2D eigenvalue weighted by Crippen LogP contribution is 2.49. The topological polar surface area (TPSA) is 9.34 Å². The molecule has 10 aromatic rings. The van der Waals surface area contributed by atoms with Crippen molar-refractivity contribution in [2.24, 2.45) is 7.05 Å². The van der Waals surface area contributed by atoms with Crippen LogP contribution in [0.1, 0.15) is 0 Å². The van der Waals surface area contributed by atoms with Crippen molar-refractivity contribution in [3.8, 4) is 0 Å². The number of aromatic nitrogens is 2. The van der Waals surface area contributed by atoms with E-state index in [-0.39, 0.29) is 0 Å². The van der Waals surface area contributed by atoms with Gasteiger partial charge in [0.15, 0.2) is 0 Å². The average Bonchev–Trinajstić information content (AvgIpc) is 3.57. The van der Waals surface area contributed by atoms with Crippen molar-refractivity contribution in [3.05, 3.63) is 103 Å². The zero-order chi connectivity index (χ0) is 24.7. The van der Waals surface area contributed by atoms with E-state index in [4.69, 9.17) is 0 Å². The molecule has 0 fully saturated rings. The standard InChI is InChI=1S/C35H20N2S/c1-36-33-20-10-3-2-9-19(20)17-25-24-14-8-13-23-21-11-4-6-15-27(21)37(32(23)24)28-18-26-22-12-5-7-16-29(22)38-35(26)34(36)31(28)30(25)33/h2-18H,1H3. The predicted molar refractivity (Wildman–Crippen MR) is 165 cm³/mol. The van der Waals surface area contributed by atoms with E-state index in [1.54, 1.807) is 0 Å². The van der Waals surface area contributed by atoms with Crippen LogP contribution in [0.4, 0.5) is 0 Å². The van der Waals surface area contributed by atoms with Crippen molar-refractivity contribution in [1.82, 2.24) is 8.97 Å². The maximum atomic E-state index is 2.55. The monoisotopic (exact) mass is 500 g/mol. The van der Waals surface area contributed by atoms with E-state index in [9.17, 15) is 0 Å². The minimum atomic E-state index is 1.27. The SMILES string of the molecule is Cn1c2c3ccccc3cc3c4cccc5c6ccccc6n(c6cc7c8ccccc8sc7c1c6c32)c45. The molecule has 0 radical (unpaired) electrons. The van der Waals surface area contributed by atoms with Crippen LogP contribution in [0.3, 0.4) is 0 Å². The van der Waals surface area contributed by atoms with Crippen molar-refractivity contribution < 1.29 is 0 Å². The van der Waals surface area contributed by atoms with Crippen LogP contribution in [0.15, 0.2) is 103 Å². The molecule has 0 aliphatic rings. The Bertz CT molecular complexity index is 2630. The molecule has 0 atom stereocenters. The van der Waals surface area contributed by atoms with Gasteiger partial charge in [-0.3, -0.25) is 0 Å². The summed E-state index contributed by atoms with van der Waals surface area (Å²) in [4.78, 5) is 0. The molecule has 4 aromatic heterocycles. The summed E-state index contributed by atoms with van der Waals surface area (Å²) >= 11 is 1.92. The van der Waals surface area contributed by atoms with E-state index >= 15 is 0 Å². The Morgan fingerprint density at radius 2 is 1.21 bits per heavy atom. The highest BCUT2D eigenvalue weighted by atomic mass is 32.1.